The van der Waals surface area contributed by atoms with Crippen molar-refractivity contribution >= 4 is 22.4 Å². The van der Waals surface area contributed by atoms with Crippen molar-refractivity contribution in [2.45, 2.75) is 39.5 Å². The third-order valence-electron chi connectivity index (χ3n) is 3.32. The summed E-state index contributed by atoms with van der Waals surface area (Å²) in [5.41, 5.74) is 0.969. The Hall–Kier alpha value is -0.900. The Morgan fingerprint density at radius 2 is 2.25 bits per heavy atom. The number of carbonyl (C=O) groups is 1. The first kappa shape index (κ1) is 11.6. The summed E-state index contributed by atoms with van der Waals surface area (Å²) < 4.78 is 4.16. The van der Waals surface area contributed by atoms with Gasteiger partial charge in [-0.2, -0.15) is 4.37 Å². The fourth-order valence-corrected chi connectivity index (χ4v) is 3.01. The lowest BCUT2D eigenvalue weighted by atomic mass is 9.80. The fraction of sp³-hybridized carbons (Fsp3) is 0.667. The van der Waals surface area contributed by atoms with Crippen LogP contribution in [0.4, 0.5) is 5.00 Å². The molecular formula is C12H18N2OS. The van der Waals surface area contributed by atoms with Gasteiger partial charge in [0, 0.05) is 5.92 Å². The Morgan fingerprint density at radius 3 is 2.88 bits per heavy atom. The maximum absolute atomic E-state index is 12.1. The van der Waals surface area contributed by atoms with E-state index in [1.807, 2.05) is 13.0 Å². The van der Waals surface area contributed by atoms with Crippen molar-refractivity contribution in [1.29, 1.82) is 0 Å². The maximum atomic E-state index is 12.1. The molecule has 4 heteroatoms. The molecule has 1 aliphatic rings. The van der Waals surface area contributed by atoms with Crippen LogP contribution >= 0.6 is 11.5 Å². The standard InChI is InChI=1S/C12H18N2OS/c1-8-5-3-4-6-10(8)12(15)13-11-7-9(2)14-16-11/h7-8,10H,3-6H2,1-2H3,(H,13,15). The lowest BCUT2D eigenvalue weighted by molar-refractivity contribution is -0.122. The van der Waals surface area contributed by atoms with Gasteiger partial charge < -0.3 is 5.32 Å². The second kappa shape index (κ2) is 4.95. The van der Waals surface area contributed by atoms with Gasteiger partial charge in [-0.15, -0.1) is 0 Å². The molecule has 0 radical (unpaired) electrons. The van der Waals surface area contributed by atoms with Gasteiger partial charge in [0.05, 0.1) is 5.69 Å². The number of aryl methyl sites for hydroxylation is 1. The smallest absolute Gasteiger partial charge is 0.228 e. The van der Waals surface area contributed by atoms with Crippen molar-refractivity contribution in [3.8, 4) is 0 Å². The molecule has 88 valence electrons. The molecule has 1 aromatic heterocycles. The highest BCUT2D eigenvalue weighted by Gasteiger charge is 2.27. The molecule has 16 heavy (non-hydrogen) atoms. The zero-order valence-electron chi connectivity index (χ0n) is 9.82. The number of hydrogen-bond donors (Lipinski definition) is 1. The number of aromatic nitrogens is 1. The van der Waals surface area contributed by atoms with Crippen LogP contribution in [0.2, 0.25) is 0 Å². The third kappa shape index (κ3) is 2.61. The molecule has 1 heterocycles. The zero-order valence-corrected chi connectivity index (χ0v) is 10.6. The molecule has 0 bridgehead atoms. The molecule has 2 unspecified atom stereocenters. The van der Waals surface area contributed by atoms with Crippen LogP contribution in [0.1, 0.15) is 38.3 Å². The van der Waals surface area contributed by atoms with E-state index in [2.05, 4.69) is 16.6 Å². The van der Waals surface area contributed by atoms with Crippen molar-refractivity contribution in [1.82, 2.24) is 4.37 Å². The lowest BCUT2D eigenvalue weighted by Gasteiger charge is -2.27. The molecule has 3 nitrogen and oxygen atoms in total. The summed E-state index contributed by atoms with van der Waals surface area (Å²) in [6.07, 6.45) is 4.67. The Bertz CT molecular complexity index is 375. The van der Waals surface area contributed by atoms with E-state index in [4.69, 9.17) is 0 Å². The van der Waals surface area contributed by atoms with Crippen molar-refractivity contribution < 1.29 is 4.79 Å². The van der Waals surface area contributed by atoms with Crippen LogP contribution in [0.5, 0.6) is 0 Å². The topological polar surface area (TPSA) is 42.0 Å². The van der Waals surface area contributed by atoms with Gasteiger partial charge in [-0.1, -0.05) is 19.8 Å². The first-order chi connectivity index (χ1) is 7.66. The predicted molar refractivity (Wildman–Crippen MR) is 66.6 cm³/mol. The van der Waals surface area contributed by atoms with E-state index in [0.717, 1.165) is 17.1 Å². The molecule has 0 aliphatic heterocycles. The summed E-state index contributed by atoms with van der Waals surface area (Å²) >= 11 is 1.36. The zero-order chi connectivity index (χ0) is 11.5. The first-order valence-corrected chi connectivity index (χ1v) is 6.68. The molecule has 2 atom stereocenters. The largest absolute Gasteiger partial charge is 0.316 e. The molecule has 1 N–H and O–H groups in total. The van der Waals surface area contributed by atoms with E-state index < -0.39 is 0 Å². The summed E-state index contributed by atoms with van der Waals surface area (Å²) in [6, 6.07) is 1.93. The summed E-state index contributed by atoms with van der Waals surface area (Å²) in [4.78, 5) is 12.1. The van der Waals surface area contributed by atoms with Crippen molar-refractivity contribution in [3.05, 3.63) is 11.8 Å². The highest BCUT2D eigenvalue weighted by molar-refractivity contribution is 7.10. The molecule has 1 fully saturated rings. The average Bonchev–Trinajstić information content (AvgIpc) is 2.64. The summed E-state index contributed by atoms with van der Waals surface area (Å²) in [7, 11) is 0. The van der Waals surface area contributed by atoms with Crippen LogP contribution in [0, 0.1) is 18.8 Å². The van der Waals surface area contributed by atoms with Gasteiger partial charge in [-0.25, -0.2) is 0 Å². The number of nitrogens with zero attached hydrogens (tertiary/aromatic N) is 1. The highest BCUT2D eigenvalue weighted by Crippen LogP contribution is 2.30. The monoisotopic (exact) mass is 238 g/mol. The number of anilines is 1. The number of carbonyl (C=O) groups excluding carboxylic acids is 1. The van der Waals surface area contributed by atoms with Gasteiger partial charge in [0.2, 0.25) is 5.91 Å². The first-order valence-electron chi connectivity index (χ1n) is 5.91. The Labute approximate surface area is 100 Å². The number of nitrogens with one attached hydrogen (secondary N) is 1. The summed E-state index contributed by atoms with van der Waals surface area (Å²) in [5.74, 6) is 0.884. The Morgan fingerprint density at radius 1 is 1.50 bits per heavy atom. The number of hydrogen-bond acceptors (Lipinski definition) is 3. The van der Waals surface area contributed by atoms with E-state index in [9.17, 15) is 4.79 Å². The molecule has 2 rings (SSSR count). The minimum absolute atomic E-state index is 0.177. The fourth-order valence-electron chi connectivity index (χ4n) is 2.34. The summed E-state index contributed by atoms with van der Waals surface area (Å²) in [5, 5.41) is 3.86. The average molecular weight is 238 g/mol. The second-order valence-electron chi connectivity index (χ2n) is 4.69. The van der Waals surface area contributed by atoms with Crippen LogP contribution in [0.25, 0.3) is 0 Å². The highest BCUT2D eigenvalue weighted by atomic mass is 32.1. The van der Waals surface area contributed by atoms with E-state index in [1.165, 1.54) is 30.8 Å². The maximum Gasteiger partial charge on any atom is 0.228 e. The molecule has 1 aliphatic carbocycles. The molecule has 0 saturated heterocycles. The summed E-state index contributed by atoms with van der Waals surface area (Å²) in [6.45, 7) is 4.12. The van der Waals surface area contributed by atoms with Gasteiger partial charge in [0.15, 0.2) is 0 Å². The van der Waals surface area contributed by atoms with Crippen LogP contribution < -0.4 is 5.32 Å². The van der Waals surface area contributed by atoms with Crippen LogP contribution in [-0.2, 0) is 4.79 Å². The quantitative estimate of drug-likeness (QED) is 0.859. The Kier molecular flexibility index (Phi) is 3.59. The number of rotatable bonds is 2. The third-order valence-corrected chi connectivity index (χ3v) is 4.12. The minimum atomic E-state index is 0.177. The number of amides is 1. The molecule has 0 spiro atoms. The van der Waals surface area contributed by atoms with E-state index in [0.29, 0.717) is 5.92 Å². The van der Waals surface area contributed by atoms with Gasteiger partial charge in [-0.3, -0.25) is 4.79 Å². The molecule has 1 saturated carbocycles. The normalized spacial score (nSPS) is 25.4. The van der Waals surface area contributed by atoms with E-state index >= 15 is 0 Å². The lowest BCUT2D eigenvalue weighted by Crippen LogP contribution is -2.30. The van der Waals surface area contributed by atoms with Gasteiger partial charge >= 0.3 is 0 Å². The van der Waals surface area contributed by atoms with E-state index in [-0.39, 0.29) is 11.8 Å². The minimum Gasteiger partial charge on any atom is -0.316 e. The molecular weight excluding hydrogens is 220 g/mol. The van der Waals surface area contributed by atoms with Gasteiger partial charge in [-0.05, 0) is 43.3 Å². The molecule has 1 amide bonds. The van der Waals surface area contributed by atoms with Crippen molar-refractivity contribution in [2.75, 3.05) is 5.32 Å². The van der Waals surface area contributed by atoms with Crippen molar-refractivity contribution in [2.24, 2.45) is 11.8 Å². The van der Waals surface area contributed by atoms with Crippen LogP contribution in [-0.4, -0.2) is 10.3 Å². The predicted octanol–water partition coefficient (Wildman–Crippen LogP) is 3.22. The van der Waals surface area contributed by atoms with E-state index in [1.54, 1.807) is 0 Å². The van der Waals surface area contributed by atoms with Crippen LogP contribution in [0.15, 0.2) is 6.07 Å². The van der Waals surface area contributed by atoms with Gasteiger partial charge in [0.1, 0.15) is 5.00 Å². The van der Waals surface area contributed by atoms with Crippen LogP contribution in [0.3, 0.4) is 0 Å². The SMILES string of the molecule is Cc1cc(NC(=O)C2CCCCC2C)sn1. The van der Waals surface area contributed by atoms with Gasteiger partial charge in [0.25, 0.3) is 0 Å². The van der Waals surface area contributed by atoms with Crippen molar-refractivity contribution in [3.63, 3.8) is 0 Å². The molecule has 1 aromatic rings. The second-order valence-corrected chi connectivity index (χ2v) is 5.50. The molecule has 0 aromatic carbocycles. The Balaban J connectivity index is 1.96.